The molecule has 2 heterocycles. The van der Waals surface area contributed by atoms with E-state index in [2.05, 4.69) is 4.90 Å². The van der Waals surface area contributed by atoms with Crippen LogP contribution in [0.4, 0.5) is 0 Å². The second-order valence-electron chi connectivity index (χ2n) is 5.08. The number of ether oxygens (including phenoxy) is 2. The number of aliphatic hydroxyl groups is 1. The lowest BCUT2D eigenvalue weighted by Gasteiger charge is -2.33. The van der Waals surface area contributed by atoms with Gasteiger partial charge in [0.15, 0.2) is 0 Å². The molecule has 4 heteroatoms. The molecule has 0 aromatic carbocycles. The Morgan fingerprint density at radius 2 is 2.06 bits per heavy atom. The van der Waals surface area contributed by atoms with E-state index in [1.54, 1.807) is 0 Å². The predicted molar refractivity (Wildman–Crippen MR) is 66.1 cm³/mol. The van der Waals surface area contributed by atoms with E-state index < -0.39 is 0 Å². The maximum atomic E-state index is 8.69. The lowest BCUT2D eigenvalue weighted by molar-refractivity contribution is -0.00912. The molecule has 1 unspecified atom stereocenters. The summed E-state index contributed by atoms with van der Waals surface area (Å²) >= 11 is 0. The van der Waals surface area contributed by atoms with E-state index >= 15 is 0 Å². The summed E-state index contributed by atoms with van der Waals surface area (Å²) in [7, 11) is 0. The highest BCUT2D eigenvalue weighted by atomic mass is 16.5. The van der Waals surface area contributed by atoms with E-state index in [-0.39, 0.29) is 6.61 Å². The van der Waals surface area contributed by atoms with Crippen molar-refractivity contribution in [3.05, 3.63) is 0 Å². The van der Waals surface area contributed by atoms with E-state index in [1.165, 1.54) is 12.8 Å². The van der Waals surface area contributed by atoms with Crippen molar-refractivity contribution in [3.63, 3.8) is 0 Å². The third-order valence-electron chi connectivity index (χ3n) is 3.68. The number of piperidine rings is 1. The van der Waals surface area contributed by atoms with Crippen LogP contribution in [0.25, 0.3) is 0 Å². The van der Waals surface area contributed by atoms with Gasteiger partial charge in [0.25, 0.3) is 0 Å². The Morgan fingerprint density at radius 1 is 1.24 bits per heavy atom. The fourth-order valence-electron chi connectivity index (χ4n) is 2.65. The molecule has 2 aliphatic heterocycles. The zero-order chi connectivity index (χ0) is 11.9. The normalized spacial score (nSPS) is 27.7. The van der Waals surface area contributed by atoms with E-state index in [4.69, 9.17) is 14.6 Å². The van der Waals surface area contributed by atoms with Crippen molar-refractivity contribution >= 4 is 0 Å². The second kappa shape index (κ2) is 7.31. The fourth-order valence-corrected chi connectivity index (χ4v) is 2.65. The molecule has 0 saturated carbocycles. The molecule has 0 amide bonds. The number of aliphatic hydroxyl groups excluding tert-OH is 1. The predicted octanol–water partition coefficient (Wildman–Crippen LogP) is 1.03. The Balaban J connectivity index is 1.57. The van der Waals surface area contributed by atoms with Crippen molar-refractivity contribution in [2.24, 2.45) is 0 Å². The Labute approximate surface area is 104 Å². The molecular weight excluding hydrogens is 218 g/mol. The summed E-state index contributed by atoms with van der Waals surface area (Å²) in [5.74, 6) is 0. The molecule has 0 radical (unpaired) electrons. The van der Waals surface area contributed by atoms with Gasteiger partial charge < -0.3 is 19.5 Å². The van der Waals surface area contributed by atoms with E-state index in [0.29, 0.717) is 18.8 Å². The smallest absolute Gasteiger partial charge is 0.0702 e. The highest BCUT2D eigenvalue weighted by molar-refractivity contribution is 4.76. The third-order valence-corrected chi connectivity index (χ3v) is 3.68. The van der Waals surface area contributed by atoms with Gasteiger partial charge in [-0.2, -0.15) is 0 Å². The van der Waals surface area contributed by atoms with Gasteiger partial charge in [-0.25, -0.2) is 0 Å². The largest absolute Gasteiger partial charge is 0.396 e. The van der Waals surface area contributed by atoms with Crippen LogP contribution in [0.5, 0.6) is 0 Å². The monoisotopic (exact) mass is 243 g/mol. The van der Waals surface area contributed by atoms with Gasteiger partial charge in [0.1, 0.15) is 0 Å². The minimum atomic E-state index is 0.234. The molecular formula is C13H25NO3. The molecule has 0 aromatic heterocycles. The maximum absolute atomic E-state index is 8.69. The Hall–Kier alpha value is -0.160. The molecule has 0 spiro atoms. The first-order valence-corrected chi connectivity index (χ1v) is 6.95. The van der Waals surface area contributed by atoms with E-state index in [0.717, 1.165) is 45.5 Å². The van der Waals surface area contributed by atoms with Crippen LogP contribution in [-0.2, 0) is 9.47 Å². The molecule has 2 aliphatic rings. The number of rotatable bonds is 6. The summed E-state index contributed by atoms with van der Waals surface area (Å²) in [6, 6.07) is 0. The molecule has 1 N–H and O–H groups in total. The molecule has 2 saturated heterocycles. The van der Waals surface area contributed by atoms with Gasteiger partial charge in [0.05, 0.1) is 12.2 Å². The molecule has 100 valence electrons. The van der Waals surface area contributed by atoms with Gasteiger partial charge >= 0.3 is 0 Å². The van der Waals surface area contributed by atoms with Crippen LogP contribution >= 0.6 is 0 Å². The second-order valence-corrected chi connectivity index (χ2v) is 5.08. The zero-order valence-corrected chi connectivity index (χ0v) is 10.6. The summed E-state index contributed by atoms with van der Waals surface area (Å²) in [6.07, 6.45) is 6.34. The molecule has 2 rings (SSSR count). The molecule has 2 fully saturated rings. The number of hydrogen-bond acceptors (Lipinski definition) is 4. The average molecular weight is 243 g/mol. The summed E-state index contributed by atoms with van der Waals surface area (Å²) in [5.41, 5.74) is 0. The molecule has 17 heavy (non-hydrogen) atoms. The maximum Gasteiger partial charge on any atom is 0.0702 e. The van der Waals surface area contributed by atoms with Crippen LogP contribution < -0.4 is 0 Å². The van der Waals surface area contributed by atoms with Gasteiger partial charge in [0.2, 0.25) is 0 Å². The SMILES string of the molecule is OCCCOC1CCN(CC2CCCO2)CC1. The lowest BCUT2D eigenvalue weighted by atomic mass is 10.1. The molecule has 0 bridgehead atoms. The van der Waals surface area contributed by atoms with Crippen molar-refractivity contribution in [2.45, 2.75) is 44.3 Å². The van der Waals surface area contributed by atoms with Crippen molar-refractivity contribution < 1.29 is 14.6 Å². The van der Waals surface area contributed by atoms with Crippen LogP contribution in [0.3, 0.4) is 0 Å². The van der Waals surface area contributed by atoms with Crippen LogP contribution in [0.1, 0.15) is 32.1 Å². The fraction of sp³-hybridized carbons (Fsp3) is 1.00. The van der Waals surface area contributed by atoms with Crippen molar-refractivity contribution in [3.8, 4) is 0 Å². The zero-order valence-electron chi connectivity index (χ0n) is 10.6. The quantitative estimate of drug-likeness (QED) is 0.708. The lowest BCUT2D eigenvalue weighted by Crippen LogP contribution is -2.41. The van der Waals surface area contributed by atoms with Crippen molar-refractivity contribution in [1.82, 2.24) is 4.90 Å². The van der Waals surface area contributed by atoms with Gasteiger partial charge in [-0.3, -0.25) is 0 Å². The highest BCUT2D eigenvalue weighted by Gasteiger charge is 2.23. The minimum Gasteiger partial charge on any atom is -0.396 e. The van der Waals surface area contributed by atoms with Gasteiger partial charge in [0, 0.05) is 39.5 Å². The first-order valence-electron chi connectivity index (χ1n) is 6.95. The molecule has 0 aliphatic carbocycles. The van der Waals surface area contributed by atoms with Crippen LogP contribution in [0, 0.1) is 0 Å². The first-order chi connectivity index (χ1) is 8.38. The van der Waals surface area contributed by atoms with E-state index in [1.807, 2.05) is 0 Å². The minimum absolute atomic E-state index is 0.234. The highest BCUT2D eigenvalue weighted by Crippen LogP contribution is 2.18. The van der Waals surface area contributed by atoms with Crippen molar-refractivity contribution in [2.75, 3.05) is 39.5 Å². The Morgan fingerprint density at radius 3 is 2.71 bits per heavy atom. The average Bonchev–Trinajstić information content (AvgIpc) is 2.85. The topological polar surface area (TPSA) is 41.9 Å². The number of hydrogen-bond donors (Lipinski definition) is 1. The van der Waals surface area contributed by atoms with Gasteiger partial charge in [-0.05, 0) is 32.1 Å². The molecule has 0 aromatic rings. The van der Waals surface area contributed by atoms with Gasteiger partial charge in [-0.1, -0.05) is 0 Å². The number of nitrogens with zero attached hydrogens (tertiary/aromatic N) is 1. The third kappa shape index (κ3) is 4.54. The molecule has 1 atom stereocenters. The Kier molecular flexibility index (Phi) is 5.71. The van der Waals surface area contributed by atoms with Crippen LogP contribution in [0.2, 0.25) is 0 Å². The van der Waals surface area contributed by atoms with Crippen molar-refractivity contribution in [1.29, 1.82) is 0 Å². The van der Waals surface area contributed by atoms with Gasteiger partial charge in [-0.15, -0.1) is 0 Å². The summed E-state index contributed by atoms with van der Waals surface area (Å²) in [5, 5.41) is 8.69. The Bertz CT molecular complexity index is 199. The summed E-state index contributed by atoms with van der Waals surface area (Å²) in [4.78, 5) is 2.50. The summed E-state index contributed by atoms with van der Waals surface area (Å²) < 4.78 is 11.4. The van der Waals surface area contributed by atoms with Crippen LogP contribution in [-0.4, -0.2) is 61.7 Å². The molecule has 4 nitrogen and oxygen atoms in total. The summed E-state index contributed by atoms with van der Waals surface area (Å²) in [6.45, 7) is 5.24. The van der Waals surface area contributed by atoms with Crippen LogP contribution in [0.15, 0.2) is 0 Å². The number of likely N-dealkylation sites (tertiary alicyclic amines) is 1. The first kappa shape index (κ1) is 13.3. The van der Waals surface area contributed by atoms with E-state index in [9.17, 15) is 0 Å². The standard InChI is InChI=1S/C13H25NO3/c15-8-2-10-16-12-4-6-14(7-5-12)11-13-3-1-9-17-13/h12-13,15H,1-11H2.